The molecule has 200 valence electrons. The highest BCUT2D eigenvalue weighted by molar-refractivity contribution is 6.16. The number of carbonyl (C=O) groups is 1. The fourth-order valence-electron chi connectivity index (χ4n) is 6.70. The molecule has 2 aliphatic rings. The number of hydrogen-bond acceptors (Lipinski definition) is 5. The molecule has 1 atom stereocenters. The Morgan fingerprint density at radius 2 is 1.73 bits per heavy atom. The summed E-state index contributed by atoms with van der Waals surface area (Å²) in [5.41, 5.74) is 8.38. The monoisotopic (exact) mass is 530 g/mol. The van der Waals surface area contributed by atoms with Crippen LogP contribution in [0.15, 0.2) is 55.2 Å². The van der Waals surface area contributed by atoms with E-state index < -0.39 is 5.41 Å². The normalized spacial score (nSPS) is 16.6. The zero-order valence-electron chi connectivity index (χ0n) is 22.8. The summed E-state index contributed by atoms with van der Waals surface area (Å²) >= 11 is 0. The lowest BCUT2D eigenvalue weighted by molar-refractivity contribution is -0.122. The molecule has 9 heteroatoms. The van der Waals surface area contributed by atoms with Gasteiger partial charge in [0.1, 0.15) is 5.65 Å². The van der Waals surface area contributed by atoms with Crippen LogP contribution >= 0.6 is 0 Å². The van der Waals surface area contributed by atoms with Crippen molar-refractivity contribution in [3.63, 3.8) is 0 Å². The van der Waals surface area contributed by atoms with Crippen LogP contribution in [0.4, 0.5) is 5.69 Å². The van der Waals surface area contributed by atoms with Gasteiger partial charge in [-0.25, -0.2) is 4.98 Å². The van der Waals surface area contributed by atoms with Crippen LogP contribution in [0.25, 0.3) is 44.5 Å². The molecule has 1 aliphatic carbocycles. The zero-order chi connectivity index (χ0) is 27.6. The number of likely N-dealkylation sites (N-methyl/N-ethyl adjacent to an activating group) is 1. The second kappa shape index (κ2) is 8.91. The fraction of sp³-hybridized carbons (Fsp3) is 0.323. The number of fused-ring (bicyclic) bond motifs is 4. The van der Waals surface area contributed by atoms with Gasteiger partial charge < -0.3 is 9.88 Å². The minimum absolute atomic E-state index is 0.0182. The topological polar surface area (TPSA) is 108 Å². The van der Waals surface area contributed by atoms with Crippen LogP contribution in [0.3, 0.4) is 0 Å². The van der Waals surface area contributed by atoms with Gasteiger partial charge in [-0.3, -0.25) is 14.2 Å². The molecule has 0 radical (unpaired) electrons. The molecule has 1 amide bonds. The van der Waals surface area contributed by atoms with Gasteiger partial charge in [0.05, 0.1) is 53.9 Å². The third kappa shape index (κ3) is 3.45. The number of nitriles is 1. The van der Waals surface area contributed by atoms with E-state index in [9.17, 15) is 4.79 Å². The summed E-state index contributed by atoms with van der Waals surface area (Å²) < 4.78 is 3.64. The van der Waals surface area contributed by atoms with Crippen LogP contribution < -0.4 is 4.90 Å². The molecular weight excluding hydrogens is 500 g/mol. The summed E-state index contributed by atoms with van der Waals surface area (Å²) in [6, 6.07) is 10.7. The third-order valence-electron chi connectivity index (χ3n) is 8.75. The fourth-order valence-corrected chi connectivity index (χ4v) is 6.70. The van der Waals surface area contributed by atoms with E-state index in [1.54, 1.807) is 4.68 Å². The van der Waals surface area contributed by atoms with Crippen LogP contribution in [0.5, 0.6) is 0 Å². The Balaban J connectivity index is 1.42. The maximum atomic E-state index is 13.7. The number of nitrogens with zero attached hydrogens (tertiary/aromatic N) is 7. The summed E-state index contributed by atoms with van der Waals surface area (Å²) in [4.78, 5) is 23.9. The lowest BCUT2D eigenvalue weighted by atomic mass is 9.78. The second-order valence-corrected chi connectivity index (χ2v) is 11.2. The number of aromatic amines is 1. The number of aromatic nitrogens is 6. The van der Waals surface area contributed by atoms with Gasteiger partial charge in [0.25, 0.3) is 0 Å². The second-order valence-electron chi connectivity index (χ2n) is 11.2. The van der Waals surface area contributed by atoms with Crippen molar-refractivity contribution in [2.24, 2.45) is 7.05 Å². The van der Waals surface area contributed by atoms with Gasteiger partial charge in [-0.2, -0.15) is 15.5 Å². The first kappa shape index (κ1) is 24.3. The standard InChI is InChI=1S/C31H30N8O/c1-19(10-13-32)39-18-22(14-35-39)20-6-8-21(9-7-20)25-26-27-24(38(3)30(40)31(27)11-4-5-12-31)16-33-29(26)36-28(25)23-15-34-37(2)17-23/h6-9,14-19H,4-5,10-12H2,1-3H3,(H,33,36). The highest BCUT2D eigenvalue weighted by Crippen LogP contribution is 2.55. The van der Waals surface area contributed by atoms with Crippen molar-refractivity contribution in [2.45, 2.75) is 50.5 Å². The summed E-state index contributed by atoms with van der Waals surface area (Å²) in [5, 5.41) is 19.0. The van der Waals surface area contributed by atoms with Gasteiger partial charge in [-0.15, -0.1) is 0 Å². The van der Waals surface area contributed by atoms with Gasteiger partial charge in [-0.05, 0) is 30.9 Å². The van der Waals surface area contributed by atoms with Crippen LogP contribution in [-0.4, -0.2) is 42.5 Å². The van der Waals surface area contributed by atoms with E-state index in [1.165, 1.54) is 0 Å². The van der Waals surface area contributed by atoms with E-state index >= 15 is 0 Å². The number of H-pyrrole nitrogens is 1. The SMILES string of the molecule is CC(CC#N)n1cc(-c2ccc(-c3c(-c4cnn(C)c4)[nH]c4ncc5c(c34)C3(CCCC3)C(=O)N5C)cc2)cn1. The summed E-state index contributed by atoms with van der Waals surface area (Å²) in [5.74, 6) is 0.183. The van der Waals surface area contributed by atoms with Crippen LogP contribution in [0.2, 0.25) is 0 Å². The summed E-state index contributed by atoms with van der Waals surface area (Å²) in [6.45, 7) is 1.99. The molecule has 40 heavy (non-hydrogen) atoms. The molecule has 0 saturated heterocycles. The van der Waals surface area contributed by atoms with E-state index in [4.69, 9.17) is 10.2 Å². The van der Waals surface area contributed by atoms with Gasteiger partial charge >= 0.3 is 0 Å². The largest absolute Gasteiger partial charge is 0.339 e. The zero-order valence-corrected chi connectivity index (χ0v) is 22.8. The quantitative estimate of drug-likeness (QED) is 0.311. The van der Waals surface area contributed by atoms with E-state index in [-0.39, 0.29) is 11.9 Å². The number of aryl methyl sites for hydroxylation is 1. The molecule has 1 fully saturated rings. The Labute approximate surface area is 232 Å². The molecule has 5 heterocycles. The predicted molar refractivity (Wildman–Crippen MR) is 153 cm³/mol. The molecule has 7 rings (SSSR count). The maximum absolute atomic E-state index is 13.7. The maximum Gasteiger partial charge on any atom is 0.237 e. The average molecular weight is 531 g/mol. The first-order chi connectivity index (χ1) is 19.4. The van der Waals surface area contributed by atoms with E-state index in [2.05, 4.69) is 45.5 Å². The summed E-state index contributed by atoms with van der Waals surface area (Å²) in [7, 11) is 3.79. The molecule has 0 bridgehead atoms. The minimum Gasteiger partial charge on any atom is -0.339 e. The lowest BCUT2D eigenvalue weighted by Crippen LogP contribution is -2.36. The summed E-state index contributed by atoms with van der Waals surface area (Å²) in [6.07, 6.45) is 13.8. The van der Waals surface area contributed by atoms with Crippen molar-refractivity contribution < 1.29 is 4.79 Å². The van der Waals surface area contributed by atoms with E-state index in [0.717, 1.165) is 81.5 Å². The average Bonchev–Trinajstić information content (AvgIpc) is 3.79. The van der Waals surface area contributed by atoms with Crippen molar-refractivity contribution in [3.8, 4) is 39.6 Å². The highest BCUT2D eigenvalue weighted by atomic mass is 16.2. The molecule has 4 aromatic heterocycles. The smallest absolute Gasteiger partial charge is 0.237 e. The van der Waals surface area contributed by atoms with Gasteiger partial charge in [-0.1, -0.05) is 37.1 Å². The molecule has 1 N–H and O–H groups in total. The van der Waals surface area contributed by atoms with Crippen molar-refractivity contribution in [1.29, 1.82) is 5.26 Å². The van der Waals surface area contributed by atoms with Gasteiger partial charge in [0, 0.05) is 54.1 Å². The van der Waals surface area contributed by atoms with E-state index in [0.29, 0.717) is 6.42 Å². The number of benzene rings is 1. The highest BCUT2D eigenvalue weighted by Gasteiger charge is 2.52. The van der Waals surface area contributed by atoms with Crippen molar-refractivity contribution in [2.75, 3.05) is 11.9 Å². The number of hydrogen-bond donors (Lipinski definition) is 1. The van der Waals surface area contributed by atoms with Crippen LogP contribution in [0, 0.1) is 11.3 Å². The molecule has 1 aliphatic heterocycles. The third-order valence-corrected chi connectivity index (χ3v) is 8.75. The number of nitrogens with one attached hydrogen (secondary N) is 1. The van der Waals surface area contributed by atoms with Crippen LogP contribution in [-0.2, 0) is 17.3 Å². The lowest BCUT2D eigenvalue weighted by Gasteiger charge is -2.22. The Morgan fingerprint density at radius 3 is 2.42 bits per heavy atom. The number of rotatable bonds is 5. The van der Waals surface area contributed by atoms with Gasteiger partial charge in [0.2, 0.25) is 5.91 Å². The molecule has 5 aromatic rings. The Hall–Kier alpha value is -4.71. The van der Waals surface area contributed by atoms with Gasteiger partial charge in [0.15, 0.2) is 0 Å². The Morgan fingerprint density at radius 1 is 1.00 bits per heavy atom. The van der Waals surface area contributed by atoms with Crippen molar-refractivity contribution in [1.82, 2.24) is 29.5 Å². The Kier molecular flexibility index (Phi) is 5.42. The molecule has 1 unspecified atom stereocenters. The van der Waals surface area contributed by atoms with Crippen molar-refractivity contribution >= 4 is 22.6 Å². The predicted octanol–water partition coefficient (Wildman–Crippen LogP) is 5.76. The minimum atomic E-state index is -0.497. The molecule has 1 spiro atoms. The number of anilines is 1. The number of carbonyl (C=O) groups excluding carboxylic acids is 1. The number of amides is 1. The molecule has 1 aromatic carbocycles. The number of pyridine rings is 1. The molecular formula is C31H30N8O. The van der Waals surface area contributed by atoms with Crippen molar-refractivity contribution in [3.05, 3.63) is 60.8 Å². The van der Waals surface area contributed by atoms with E-state index in [1.807, 2.05) is 61.6 Å². The Bertz CT molecular complexity index is 1810. The first-order valence-electron chi connectivity index (χ1n) is 13.8. The first-order valence-corrected chi connectivity index (χ1v) is 13.8. The van der Waals surface area contributed by atoms with Crippen LogP contribution in [0.1, 0.15) is 50.6 Å². The molecule has 9 nitrogen and oxygen atoms in total. The molecule has 1 saturated carbocycles.